The van der Waals surface area contributed by atoms with Crippen molar-refractivity contribution in [3.63, 3.8) is 0 Å². The van der Waals surface area contributed by atoms with E-state index in [4.69, 9.17) is 10.5 Å². The van der Waals surface area contributed by atoms with Gasteiger partial charge in [0.15, 0.2) is 11.5 Å². The predicted molar refractivity (Wildman–Crippen MR) is 85.7 cm³/mol. The third-order valence-electron chi connectivity index (χ3n) is 4.76. The number of rotatable bonds is 3. The molecule has 0 atom stereocenters. The molecule has 20 heavy (non-hydrogen) atoms. The van der Waals surface area contributed by atoms with Crippen LogP contribution >= 0.6 is 15.9 Å². The Hall–Kier alpha value is -0.740. The first kappa shape index (κ1) is 15.6. The molecule has 1 aliphatic rings. The van der Waals surface area contributed by atoms with Crippen LogP contribution in [-0.2, 0) is 5.41 Å². The molecule has 3 N–H and O–H groups in total. The Labute approximate surface area is 129 Å². The van der Waals surface area contributed by atoms with Crippen molar-refractivity contribution in [1.29, 1.82) is 0 Å². The third kappa shape index (κ3) is 2.33. The van der Waals surface area contributed by atoms with Gasteiger partial charge in [-0.05, 0) is 32.3 Å². The molecule has 0 spiro atoms. The van der Waals surface area contributed by atoms with E-state index in [1.165, 1.54) is 19.3 Å². The van der Waals surface area contributed by atoms with Crippen LogP contribution in [0.3, 0.4) is 0 Å². The zero-order chi connectivity index (χ0) is 14.9. The number of aromatic hydroxyl groups is 1. The van der Waals surface area contributed by atoms with Crippen molar-refractivity contribution in [2.45, 2.75) is 51.4 Å². The van der Waals surface area contributed by atoms with Crippen LogP contribution in [0.5, 0.6) is 11.5 Å². The minimum atomic E-state index is -0.115. The zero-order valence-electron chi connectivity index (χ0n) is 12.6. The van der Waals surface area contributed by atoms with Crippen LogP contribution in [-0.4, -0.2) is 18.8 Å². The summed E-state index contributed by atoms with van der Waals surface area (Å²) >= 11 is 3.64. The Morgan fingerprint density at radius 3 is 2.30 bits per heavy atom. The molecule has 0 heterocycles. The van der Waals surface area contributed by atoms with Crippen molar-refractivity contribution in [2.75, 3.05) is 13.7 Å². The summed E-state index contributed by atoms with van der Waals surface area (Å²) in [5.74, 6) is 0.842. The van der Waals surface area contributed by atoms with Gasteiger partial charge in [0.25, 0.3) is 0 Å². The number of methoxy groups -OCH3 is 1. The second-order valence-electron chi connectivity index (χ2n) is 5.87. The van der Waals surface area contributed by atoms with Crippen molar-refractivity contribution < 1.29 is 9.84 Å². The van der Waals surface area contributed by atoms with Crippen molar-refractivity contribution in [2.24, 2.45) is 5.73 Å². The van der Waals surface area contributed by atoms with Crippen LogP contribution in [0.4, 0.5) is 0 Å². The van der Waals surface area contributed by atoms with Gasteiger partial charge >= 0.3 is 0 Å². The molecular formula is C16H24BrNO2. The largest absolute Gasteiger partial charge is 0.504 e. The fourth-order valence-electron chi connectivity index (χ4n) is 3.64. The maximum atomic E-state index is 10.7. The van der Waals surface area contributed by atoms with Gasteiger partial charge in [0.05, 0.1) is 7.11 Å². The third-order valence-corrected chi connectivity index (χ3v) is 5.95. The van der Waals surface area contributed by atoms with Crippen molar-refractivity contribution >= 4 is 15.9 Å². The van der Waals surface area contributed by atoms with Crippen LogP contribution in [0, 0.1) is 13.8 Å². The molecule has 4 heteroatoms. The van der Waals surface area contributed by atoms with E-state index >= 15 is 0 Å². The Morgan fingerprint density at radius 1 is 1.20 bits per heavy atom. The van der Waals surface area contributed by atoms with Gasteiger partial charge in [-0.2, -0.15) is 0 Å². The van der Waals surface area contributed by atoms with E-state index in [-0.39, 0.29) is 11.2 Å². The maximum Gasteiger partial charge on any atom is 0.164 e. The highest BCUT2D eigenvalue weighted by Gasteiger charge is 2.38. The van der Waals surface area contributed by atoms with Crippen molar-refractivity contribution in [3.05, 3.63) is 21.2 Å². The molecule has 1 fully saturated rings. The average molecular weight is 342 g/mol. The minimum absolute atomic E-state index is 0.115. The summed E-state index contributed by atoms with van der Waals surface area (Å²) < 4.78 is 6.43. The number of hydrogen-bond acceptors (Lipinski definition) is 3. The second kappa shape index (κ2) is 5.94. The number of ether oxygens (including phenoxy) is 1. The summed E-state index contributed by atoms with van der Waals surface area (Å²) in [6.45, 7) is 4.58. The Kier molecular flexibility index (Phi) is 4.65. The van der Waals surface area contributed by atoms with Crippen LogP contribution in [0.1, 0.15) is 48.8 Å². The minimum Gasteiger partial charge on any atom is -0.504 e. The van der Waals surface area contributed by atoms with E-state index in [0.717, 1.165) is 34.0 Å². The van der Waals surface area contributed by atoms with Gasteiger partial charge in [0.1, 0.15) is 0 Å². The first-order valence-electron chi connectivity index (χ1n) is 7.24. The first-order valence-corrected chi connectivity index (χ1v) is 8.04. The Bertz CT molecular complexity index is 508. The van der Waals surface area contributed by atoms with Crippen LogP contribution < -0.4 is 10.5 Å². The quantitative estimate of drug-likeness (QED) is 0.875. The molecule has 0 bridgehead atoms. The topological polar surface area (TPSA) is 55.5 Å². The molecule has 0 saturated heterocycles. The highest BCUT2D eigenvalue weighted by Crippen LogP contribution is 2.50. The van der Waals surface area contributed by atoms with E-state index in [1.54, 1.807) is 7.11 Å². The fourth-order valence-corrected chi connectivity index (χ4v) is 4.02. The lowest BCUT2D eigenvalue weighted by Gasteiger charge is -2.39. The average Bonchev–Trinajstić information content (AvgIpc) is 2.46. The van der Waals surface area contributed by atoms with E-state index in [9.17, 15) is 5.11 Å². The lowest BCUT2D eigenvalue weighted by Crippen LogP contribution is -2.38. The number of phenolic OH excluding ortho intramolecular Hbond substituents is 1. The van der Waals surface area contributed by atoms with Gasteiger partial charge in [-0.1, -0.05) is 35.2 Å². The van der Waals surface area contributed by atoms with Gasteiger partial charge in [-0.3, -0.25) is 0 Å². The number of phenols is 1. The molecule has 2 rings (SSSR count). The van der Waals surface area contributed by atoms with Gasteiger partial charge < -0.3 is 15.6 Å². The number of halogens is 1. The summed E-state index contributed by atoms with van der Waals surface area (Å²) in [4.78, 5) is 0. The van der Waals surface area contributed by atoms with Crippen molar-refractivity contribution in [1.82, 2.24) is 0 Å². The number of nitrogens with two attached hydrogens (primary N) is 1. The second-order valence-corrected chi connectivity index (χ2v) is 6.66. The summed E-state index contributed by atoms with van der Waals surface area (Å²) in [6, 6.07) is 0. The molecular weight excluding hydrogens is 318 g/mol. The normalized spacial score (nSPS) is 18.1. The standard InChI is InChI=1S/C16H24BrNO2/c1-10-12(16(9-18)7-5-4-6-8-16)14(19)15(20-3)11(2)13(10)17/h19H,4-9,18H2,1-3H3. The first-order chi connectivity index (χ1) is 9.48. The SMILES string of the molecule is COc1c(C)c(Br)c(C)c(C2(CN)CCCCC2)c1O. The van der Waals surface area contributed by atoms with E-state index in [0.29, 0.717) is 12.3 Å². The summed E-state index contributed by atoms with van der Waals surface area (Å²) in [5.41, 5.74) is 9.02. The summed E-state index contributed by atoms with van der Waals surface area (Å²) in [5, 5.41) is 10.7. The molecule has 0 radical (unpaired) electrons. The summed E-state index contributed by atoms with van der Waals surface area (Å²) in [6.07, 6.45) is 5.67. The summed E-state index contributed by atoms with van der Waals surface area (Å²) in [7, 11) is 1.60. The highest BCUT2D eigenvalue weighted by molar-refractivity contribution is 9.10. The zero-order valence-corrected chi connectivity index (χ0v) is 14.1. The Morgan fingerprint density at radius 2 is 1.80 bits per heavy atom. The molecule has 3 nitrogen and oxygen atoms in total. The molecule has 0 aliphatic heterocycles. The lowest BCUT2D eigenvalue weighted by molar-refractivity contribution is 0.283. The maximum absolute atomic E-state index is 10.7. The van der Waals surface area contributed by atoms with E-state index < -0.39 is 0 Å². The van der Waals surface area contributed by atoms with Gasteiger partial charge in [0.2, 0.25) is 0 Å². The number of benzene rings is 1. The molecule has 0 amide bonds. The molecule has 0 aromatic heterocycles. The van der Waals surface area contributed by atoms with Gasteiger partial charge in [0, 0.05) is 27.6 Å². The lowest BCUT2D eigenvalue weighted by atomic mass is 9.67. The smallest absolute Gasteiger partial charge is 0.164 e. The van der Waals surface area contributed by atoms with Gasteiger partial charge in [-0.25, -0.2) is 0 Å². The molecule has 1 aromatic carbocycles. The number of hydrogen-bond donors (Lipinski definition) is 2. The van der Waals surface area contributed by atoms with Crippen molar-refractivity contribution in [3.8, 4) is 11.5 Å². The molecule has 1 aliphatic carbocycles. The van der Waals surface area contributed by atoms with Crippen LogP contribution in [0.15, 0.2) is 4.47 Å². The molecule has 1 saturated carbocycles. The molecule has 112 valence electrons. The van der Waals surface area contributed by atoms with E-state index in [1.807, 2.05) is 6.92 Å². The van der Waals surface area contributed by atoms with Crippen LogP contribution in [0.25, 0.3) is 0 Å². The predicted octanol–water partition coefficient (Wildman–Crippen LogP) is 3.94. The monoisotopic (exact) mass is 341 g/mol. The Balaban J connectivity index is 2.69. The fraction of sp³-hybridized carbons (Fsp3) is 0.625. The molecule has 0 unspecified atom stereocenters. The van der Waals surface area contributed by atoms with Crippen LogP contribution in [0.2, 0.25) is 0 Å². The van der Waals surface area contributed by atoms with E-state index in [2.05, 4.69) is 22.9 Å². The highest BCUT2D eigenvalue weighted by atomic mass is 79.9. The molecule has 1 aromatic rings. The van der Waals surface area contributed by atoms with Gasteiger partial charge in [-0.15, -0.1) is 0 Å².